The molecule has 0 spiro atoms. The summed E-state index contributed by atoms with van der Waals surface area (Å²) in [5, 5.41) is 19.0. The minimum Gasteiger partial charge on any atom is -0.454 e. The second kappa shape index (κ2) is 10.1. The molecule has 1 aliphatic heterocycles. The summed E-state index contributed by atoms with van der Waals surface area (Å²) in [5.74, 6) is 0.225. The number of aromatic nitrogens is 7. The summed E-state index contributed by atoms with van der Waals surface area (Å²) in [6.45, 7) is -1.32. The second-order valence-corrected chi connectivity index (χ2v) is 8.91. The van der Waals surface area contributed by atoms with Crippen molar-refractivity contribution in [2.75, 3.05) is 18.4 Å². The van der Waals surface area contributed by atoms with Crippen LogP contribution >= 0.6 is 0 Å². The molecule has 1 amide bonds. The zero-order valence-electron chi connectivity index (χ0n) is 20.7. The molecule has 2 N–H and O–H groups in total. The van der Waals surface area contributed by atoms with Crippen molar-refractivity contribution in [2.45, 2.75) is 19.1 Å². The first kappa shape index (κ1) is 24.5. The minimum atomic E-state index is -3.07. The molecule has 1 saturated heterocycles. The molecule has 6 rings (SSSR count). The van der Waals surface area contributed by atoms with Gasteiger partial charge in [-0.15, -0.1) is 0 Å². The molecule has 12 nitrogen and oxygen atoms in total. The van der Waals surface area contributed by atoms with Gasteiger partial charge in [0.15, 0.2) is 11.4 Å². The Bertz CT molecular complexity index is 1640. The molecule has 5 aromatic rings. The minimum absolute atomic E-state index is 0.128. The van der Waals surface area contributed by atoms with Gasteiger partial charge in [0.05, 0.1) is 35.9 Å². The fraction of sp³-hybridized carbons (Fsp3) is 0.240. The van der Waals surface area contributed by atoms with Gasteiger partial charge in [-0.3, -0.25) is 14.2 Å². The zero-order chi connectivity index (χ0) is 26.9. The van der Waals surface area contributed by atoms with Gasteiger partial charge in [0, 0.05) is 32.2 Å². The largest absolute Gasteiger partial charge is 0.454 e. The topological polar surface area (TPSA) is 125 Å². The van der Waals surface area contributed by atoms with Crippen LogP contribution in [0.25, 0.3) is 16.9 Å². The van der Waals surface area contributed by atoms with Crippen LogP contribution < -0.4 is 20.1 Å². The van der Waals surface area contributed by atoms with Crippen molar-refractivity contribution in [2.24, 2.45) is 7.05 Å². The SMILES string of the molecule is Cn1cc(NC(=O)c2cnn3cccnc23)c(-c2cc(Oc3cnn(C4CCNC4)c3)ccc2OC(F)F)n1. The predicted octanol–water partition coefficient (Wildman–Crippen LogP) is 3.51. The summed E-state index contributed by atoms with van der Waals surface area (Å²) >= 11 is 0. The van der Waals surface area contributed by atoms with Gasteiger partial charge in [-0.1, -0.05) is 0 Å². The number of ether oxygens (including phenoxy) is 2. The molecule has 0 bridgehead atoms. The van der Waals surface area contributed by atoms with Gasteiger partial charge < -0.3 is 20.1 Å². The van der Waals surface area contributed by atoms with Crippen LogP contribution in [-0.4, -0.2) is 59.8 Å². The number of aryl methyl sites for hydroxylation is 1. The predicted molar refractivity (Wildman–Crippen MR) is 135 cm³/mol. The van der Waals surface area contributed by atoms with Gasteiger partial charge in [0.1, 0.15) is 22.8 Å². The number of nitrogens with one attached hydrogen (secondary N) is 2. The van der Waals surface area contributed by atoms with E-state index in [1.54, 1.807) is 44.1 Å². The van der Waals surface area contributed by atoms with Crippen LogP contribution in [-0.2, 0) is 7.05 Å². The van der Waals surface area contributed by atoms with E-state index in [1.165, 1.54) is 33.6 Å². The molecular weight excluding hydrogens is 512 g/mol. The Balaban J connectivity index is 1.32. The molecule has 0 radical (unpaired) electrons. The summed E-state index contributed by atoms with van der Waals surface area (Å²) in [5.41, 5.74) is 1.29. The number of rotatable bonds is 8. The van der Waals surface area contributed by atoms with Crippen LogP contribution in [0, 0.1) is 0 Å². The first-order chi connectivity index (χ1) is 18.9. The Morgan fingerprint density at radius 1 is 1.21 bits per heavy atom. The summed E-state index contributed by atoms with van der Waals surface area (Å²) < 4.78 is 42.1. The molecule has 1 fully saturated rings. The number of halogens is 2. The molecule has 4 aromatic heterocycles. The van der Waals surface area contributed by atoms with E-state index in [2.05, 4.69) is 30.9 Å². The van der Waals surface area contributed by atoms with Crippen LogP contribution in [0.4, 0.5) is 14.5 Å². The summed E-state index contributed by atoms with van der Waals surface area (Å²) in [7, 11) is 1.65. The Morgan fingerprint density at radius 3 is 2.92 bits per heavy atom. The molecule has 1 aromatic carbocycles. The lowest BCUT2D eigenvalue weighted by molar-refractivity contribution is -0.0494. The third kappa shape index (κ3) is 5.01. The maximum atomic E-state index is 13.3. The van der Waals surface area contributed by atoms with E-state index in [-0.39, 0.29) is 34.3 Å². The first-order valence-corrected chi connectivity index (χ1v) is 12.1. The third-order valence-corrected chi connectivity index (χ3v) is 6.25. The van der Waals surface area contributed by atoms with Crippen LogP contribution in [0.2, 0.25) is 0 Å². The van der Waals surface area contributed by atoms with Crippen LogP contribution in [0.15, 0.2) is 61.4 Å². The number of alkyl halides is 2. The quantitative estimate of drug-likeness (QED) is 0.309. The highest BCUT2D eigenvalue weighted by Gasteiger charge is 2.23. The van der Waals surface area contributed by atoms with Gasteiger partial charge in [-0.2, -0.15) is 24.1 Å². The van der Waals surface area contributed by atoms with E-state index in [0.29, 0.717) is 17.1 Å². The van der Waals surface area contributed by atoms with Crippen molar-refractivity contribution in [3.8, 4) is 28.5 Å². The maximum Gasteiger partial charge on any atom is 0.387 e. The number of fused-ring (bicyclic) bond motifs is 1. The standard InChI is InChI=1S/C25H23F2N9O3/c1-34-14-20(32-24(37)19-12-31-35-8-2-6-29-23(19)35)22(33-34)18-9-16(3-4-21(18)39-25(26)27)38-17-11-30-36(13-17)15-5-7-28-10-15/h2-4,6,8-9,11-15,25,28H,5,7,10H2,1H3,(H,32,37). The Hall–Kier alpha value is -4.85. The lowest BCUT2D eigenvalue weighted by Crippen LogP contribution is -2.13. The van der Waals surface area contributed by atoms with E-state index in [1.807, 2.05) is 4.68 Å². The smallest absolute Gasteiger partial charge is 0.387 e. The number of hydrogen-bond donors (Lipinski definition) is 2. The lowest BCUT2D eigenvalue weighted by atomic mass is 10.1. The van der Waals surface area contributed by atoms with E-state index in [4.69, 9.17) is 9.47 Å². The normalized spacial score (nSPS) is 15.2. The maximum absolute atomic E-state index is 13.3. The highest BCUT2D eigenvalue weighted by Crippen LogP contribution is 2.39. The number of carbonyl (C=O) groups is 1. The summed E-state index contributed by atoms with van der Waals surface area (Å²) in [4.78, 5) is 17.3. The molecule has 39 heavy (non-hydrogen) atoms. The van der Waals surface area contributed by atoms with Gasteiger partial charge in [-0.25, -0.2) is 9.50 Å². The van der Waals surface area contributed by atoms with Gasteiger partial charge in [0.25, 0.3) is 5.91 Å². The Morgan fingerprint density at radius 2 is 2.10 bits per heavy atom. The zero-order valence-corrected chi connectivity index (χ0v) is 20.7. The van der Waals surface area contributed by atoms with Crippen molar-refractivity contribution in [3.05, 3.63) is 67.0 Å². The number of nitrogens with zero attached hydrogens (tertiary/aromatic N) is 7. The first-order valence-electron chi connectivity index (χ1n) is 12.1. The van der Waals surface area contributed by atoms with Crippen molar-refractivity contribution in [1.82, 2.24) is 39.5 Å². The molecular formula is C25H23F2N9O3. The van der Waals surface area contributed by atoms with E-state index >= 15 is 0 Å². The molecule has 1 aliphatic rings. The molecule has 5 heterocycles. The van der Waals surface area contributed by atoms with E-state index in [9.17, 15) is 13.6 Å². The van der Waals surface area contributed by atoms with Crippen LogP contribution in [0.1, 0.15) is 22.8 Å². The van der Waals surface area contributed by atoms with Crippen molar-refractivity contribution in [1.29, 1.82) is 0 Å². The van der Waals surface area contributed by atoms with Gasteiger partial charge in [0.2, 0.25) is 0 Å². The monoisotopic (exact) mass is 535 g/mol. The van der Waals surface area contributed by atoms with Crippen LogP contribution in [0.3, 0.4) is 0 Å². The molecule has 1 unspecified atom stereocenters. The third-order valence-electron chi connectivity index (χ3n) is 6.25. The Labute approximate surface area is 220 Å². The second-order valence-electron chi connectivity index (χ2n) is 8.91. The fourth-order valence-electron chi connectivity index (χ4n) is 4.49. The van der Waals surface area contributed by atoms with Gasteiger partial charge >= 0.3 is 6.61 Å². The summed E-state index contributed by atoms with van der Waals surface area (Å²) in [6, 6.07) is 6.35. The van der Waals surface area contributed by atoms with Crippen molar-refractivity contribution >= 4 is 17.2 Å². The van der Waals surface area contributed by atoms with Crippen molar-refractivity contribution < 1.29 is 23.0 Å². The number of amides is 1. The molecule has 0 saturated carbocycles. The average Bonchev–Trinajstić information content (AvgIpc) is 3.71. The number of anilines is 1. The average molecular weight is 536 g/mol. The Kier molecular flexibility index (Phi) is 6.36. The number of benzene rings is 1. The fourth-order valence-corrected chi connectivity index (χ4v) is 4.49. The molecule has 200 valence electrons. The number of carbonyl (C=O) groups excluding carboxylic acids is 1. The number of hydrogen-bond acceptors (Lipinski definition) is 8. The van der Waals surface area contributed by atoms with E-state index in [0.717, 1.165) is 19.5 Å². The lowest BCUT2D eigenvalue weighted by Gasteiger charge is -2.13. The highest BCUT2D eigenvalue weighted by atomic mass is 19.3. The molecule has 0 aliphatic carbocycles. The molecule has 1 atom stereocenters. The van der Waals surface area contributed by atoms with E-state index < -0.39 is 12.5 Å². The molecule has 14 heteroatoms. The summed E-state index contributed by atoms with van der Waals surface area (Å²) in [6.07, 6.45) is 10.5. The van der Waals surface area contributed by atoms with Crippen LogP contribution in [0.5, 0.6) is 17.2 Å². The highest BCUT2D eigenvalue weighted by molar-refractivity contribution is 6.09. The van der Waals surface area contributed by atoms with Gasteiger partial charge in [-0.05, 0) is 37.2 Å². The van der Waals surface area contributed by atoms with Crippen molar-refractivity contribution in [3.63, 3.8) is 0 Å².